The molecule has 4 unspecified atom stereocenters. The van der Waals surface area contributed by atoms with Crippen LogP contribution in [0.1, 0.15) is 12.6 Å². The van der Waals surface area contributed by atoms with Gasteiger partial charge in [-0.2, -0.15) is 5.20 Å². The number of nitrogens with zero attached hydrogens (tertiary/aromatic N) is 1. The second kappa shape index (κ2) is 6.18. The molecule has 0 bridgehead atoms. The fourth-order valence-corrected chi connectivity index (χ4v) is 2.34. The van der Waals surface area contributed by atoms with Gasteiger partial charge in [0.2, 0.25) is 0 Å². The van der Waals surface area contributed by atoms with Gasteiger partial charge in [-0.1, -0.05) is 0 Å². The zero-order valence-corrected chi connectivity index (χ0v) is 11.5. The molecular formula is C9H14FN4O6P. The van der Waals surface area contributed by atoms with Gasteiger partial charge in [0, 0.05) is 18.7 Å². The van der Waals surface area contributed by atoms with Crippen molar-refractivity contribution in [1.82, 2.24) is 14.7 Å². The van der Waals surface area contributed by atoms with Crippen LogP contribution in [0.3, 0.4) is 0 Å². The second-order valence-corrected chi connectivity index (χ2v) is 5.92. The molecule has 21 heavy (non-hydrogen) atoms. The summed E-state index contributed by atoms with van der Waals surface area (Å²) < 4.78 is 35.8. The molecular weight excluding hydrogens is 310 g/mol. The van der Waals surface area contributed by atoms with E-state index in [-0.39, 0.29) is 13.0 Å². The molecule has 0 saturated carbocycles. The van der Waals surface area contributed by atoms with Gasteiger partial charge in [0.1, 0.15) is 6.17 Å². The van der Waals surface area contributed by atoms with Crippen LogP contribution >= 0.6 is 7.75 Å². The summed E-state index contributed by atoms with van der Waals surface area (Å²) in [5, 5.41) is 1.58. The lowest BCUT2D eigenvalue weighted by molar-refractivity contribution is -0.0371. The number of hydrogen-bond acceptors (Lipinski definition) is 6. The number of aromatic nitrogens is 2. The topological polar surface area (TPSA) is 149 Å². The summed E-state index contributed by atoms with van der Waals surface area (Å²) in [5.74, 6) is 4.79. The minimum Gasteiger partial charge on any atom is -0.349 e. The fourth-order valence-electron chi connectivity index (χ4n) is 1.90. The first-order chi connectivity index (χ1) is 9.82. The Morgan fingerprint density at radius 2 is 2.38 bits per heavy atom. The second-order valence-electron chi connectivity index (χ2n) is 4.36. The minimum absolute atomic E-state index is 0.138. The van der Waals surface area contributed by atoms with Crippen LogP contribution in [-0.2, 0) is 13.8 Å². The molecule has 0 amide bonds. The largest absolute Gasteiger partial charge is 0.416 e. The van der Waals surface area contributed by atoms with Gasteiger partial charge in [0.15, 0.2) is 6.23 Å². The quantitative estimate of drug-likeness (QED) is 0.298. The first kappa shape index (κ1) is 16.0. The van der Waals surface area contributed by atoms with Gasteiger partial charge in [-0.3, -0.25) is 24.7 Å². The normalized spacial score (nSPS) is 28.4. The van der Waals surface area contributed by atoms with Crippen LogP contribution in [-0.4, -0.2) is 33.3 Å². The van der Waals surface area contributed by atoms with E-state index < -0.39 is 37.5 Å². The summed E-state index contributed by atoms with van der Waals surface area (Å²) >= 11 is 0. The van der Waals surface area contributed by atoms with Crippen LogP contribution in [0.25, 0.3) is 0 Å². The van der Waals surface area contributed by atoms with Crippen molar-refractivity contribution in [3.63, 3.8) is 0 Å². The molecule has 1 aliphatic heterocycles. The highest BCUT2D eigenvalue weighted by Gasteiger charge is 2.38. The zero-order chi connectivity index (χ0) is 15.6. The molecule has 1 aromatic heterocycles. The molecule has 0 radical (unpaired) electrons. The highest BCUT2D eigenvalue weighted by molar-refractivity contribution is 7.50. The van der Waals surface area contributed by atoms with Crippen LogP contribution in [0.4, 0.5) is 4.39 Å². The summed E-state index contributed by atoms with van der Waals surface area (Å²) in [4.78, 5) is 33.5. The first-order valence-electron chi connectivity index (χ1n) is 5.88. The van der Waals surface area contributed by atoms with Gasteiger partial charge in [-0.15, -0.1) is 0 Å². The monoisotopic (exact) mass is 324 g/mol. The van der Waals surface area contributed by atoms with Gasteiger partial charge in [0.05, 0.1) is 12.7 Å². The van der Waals surface area contributed by atoms with Crippen molar-refractivity contribution in [3.8, 4) is 0 Å². The Hall–Kier alpha value is -1.36. The summed E-state index contributed by atoms with van der Waals surface area (Å²) in [6.45, 7) is -0.382. The molecule has 118 valence electrons. The third kappa shape index (κ3) is 3.84. The third-order valence-corrected chi connectivity index (χ3v) is 3.68. The molecule has 1 aromatic rings. The van der Waals surface area contributed by atoms with E-state index in [1.54, 1.807) is 5.20 Å². The maximum Gasteiger partial charge on any atom is 0.416 e. The third-order valence-electron chi connectivity index (χ3n) is 2.85. The van der Waals surface area contributed by atoms with E-state index in [2.05, 4.69) is 4.52 Å². The minimum atomic E-state index is -4.14. The smallest absolute Gasteiger partial charge is 0.349 e. The number of hydrogen-bond donors (Lipinski definition) is 4. The van der Waals surface area contributed by atoms with Crippen molar-refractivity contribution in [2.45, 2.75) is 24.9 Å². The van der Waals surface area contributed by atoms with E-state index >= 15 is 0 Å². The van der Waals surface area contributed by atoms with Gasteiger partial charge >= 0.3 is 13.4 Å². The molecule has 0 aromatic carbocycles. The van der Waals surface area contributed by atoms with Gasteiger partial charge in [-0.05, 0) is 0 Å². The predicted octanol–water partition coefficient (Wildman–Crippen LogP) is -1.26. The Morgan fingerprint density at radius 1 is 1.67 bits per heavy atom. The molecule has 2 heterocycles. The lowest BCUT2D eigenvalue weighted by Crippen LogP contribution is -2.34. The number of H-pyrrole nitrogens is 1. The summed E-state index contributed by atoms with van der Waals surface area (Å²) in [7, 11) is -4.14. The van der Waals surface area contributed by atoms with Gasteiger partial charge in [-0.25, -0.2) is 13.8 Å². The number of hydrazine groups is 1. The summed E-state index contributed by atoms with van der Waals surface area (Å²) in [6.07, 6.45) is -2.64. The van der Waals surface area contributed by atoms with Crippen molar-refractivity contribution >= 4 is 7.75 Å². The molecule has 2 rings (SSSR count). The maximum atomic E-state index is 13.9. The van der Waals surface area contributed by atoms with E-state index in [1.165, 1.54) is 0 Å². The average Bonchev–Trinajstić information content (AvgIpc) is 2.78. The molecule has 1 aliphatic rings. The van der Waals surface area contributed by atoms with Crippen molar-refractivity contribution in [3.05, 3.63) is 33.1 Å². The zero-order valence-electron chi connectivity index (χ0n) is 10.6. The van der Waals surface area contributed by atoms with Crippen LogP contribution in [0.5, 0.6) is 0 Å². The molecule has 1 fully saturated rings. The molecule has 5 N–H and O–H groups in total. The highest BCUT2D eigenvalue weighted by atomic mass is 31.2. The average molecular weight is 324 g/mol. The van der Waals surface area contributed by atoms with Crippen LogP contribution in [0.2, 0.25) is 0 Å². The molecule has 0 aliphatic carbocycles. The van der Waals surface area contributed by atoms with Crippen molar-refractivity contribution in [1.29, 1.82) is 0 Å². The van der Waals surface area contributed by atoms with Crippen molar-refractivity contribution < 1.29 is 23.1 Å². The number of nitrogens with two attached hydrogens (primary N) is 1. The molecule has 1 saturated heterocycles. The Kier molecular flexibility index (Phi) is 4.71. The number of alkyl halides is 1. The number of rotatable bonds is 5. The number of aromatic amines is 1. The summed E-state index contributed by atoms with van der Waals surface area (Å²) in [5.41, 5.74) is -1.42. The number of halogens is 1. The van der Waals surface area contributed by atoms with E-state index in [0.717, 1.165) is 16.8 Å². The van der Waals surface area contributed by atoms with E-state index in [0.29, 0.717) is 0 Å². The maximum absolute atomic E-state index is 13.9. The standard InChI is InChI=1S/C9H14FN4O6P/c10-6-3-5(4-19-21(17,18)13-11)20-8(6)14-2-1-7(15)12-9(14)16/h1-2,5-6,8H,3-4,11H2,(H,12,15,16)(H2,13,17,18). The van der Waals surface area contributed by atoms with Gasteiger partial charge < -0.3 is 9.63 Å². The Morgan fingerprint density at radius 3 is 3.00 bits per heavy atom. The van der Waals surface area contributed by atoms with Crippen LogP contribution in [0.15, 0.2) is 21.9 Å². The lowest BCUT2D eigenvalue weighted by Gasteiger charge is -2.17. The Bertz CT molecular complexity index is 662. The van der Waals surface area contributed by atoms with Crippen LogP contribution in [0, 0.1) is 0 Å². The fraction of sp³-hybridized carbons (Fsp3) is 0.556. The van der Waals surface area contributed by atoms with Crippen LogP contribution < -0.4 is 22.3 Å². The highest BCUT2D eigenvalue weighted by Crippen LogP contribution is 2.37. The molecule has 4 atom stereocenters. The van der Waals surface area contributed by atoms with Crippen molar-refractivity contribution in [2.75, 3.05) is 6.61 Å². The molecule has 10 nitrogen and oxygen atoms in total. The van der Waals surface area contributed by atoms with E-state index in [4.69, 9.17) is 15.5 Å². The SMILES string of the molecule is NNP(=O)(O)OCC1CC(F)C(n2ccc(=O)[nH]c2=O)O1. The van der Waals surface area contributed by atoms with Crippen molar-refractivity contribution in [2.24, 2.45) is 5.84 Å². The Balaban J connectivity index is 2.06. The summed E-state index contributed by atoms with van der Waals surface area (Å²) in [6, 6.07) is 1.06. The van der Waals surface area contributed by atoms with Gasteiger partial charge in [0.25, 0.3) is 5.56 Å². The van der Waals surface area contributed by atoms with E-state index in [1.807, 2.05) is 4.98 Å². The first-order valence-corrected chi connectivity index (χ1v) is 7.46. The lowest BCUT2D eigenvalue weighted by atomic mass is 10.2. The molecule has 0 spiro atoms. The number of ether oxygens (including phenoxy) is 1. The Labute approximate surface area is 117 Å². The number of nitrogens with one attached hydrogen (secondary N) is 2. The van der Waals surface area contributed by atoms with E-state index in [9.17, 15) is 18.5 Å². The predicted molar refractivity (Wildman–Crippen MR) is 67.8 cm³/mol. The molecule has 12 heteroatoms.